The highest BCUT2D eigenvalue weighted by Crippen LogP contribution is 2.66. The number of alkyl halides is 2. The predicted octanol–water partition coefficient (Wildman–Crippen LogP) is 5.77. The van der Waals surface area contributed by atoms with Gasteiger partial charge in [0.15, 0.2) is 21.2 Å². The van der Waals surface area contributed by atoms with E-state index < -0.39 is 51.1 Å². The maximum atomic E-state index is 14.5. The van der Waals surface area contributed by atoms with Gasteiger partial charge in [-0.3, -0.25) is 29.0 Å². The zero-order chi connectivity index (χ0) is 35.8. The number of likely N-dealkylation sites (tertiary alicyclic amines) is 2. The third kappa shape index (κ3) is 5.04. The molecule has 9 nitrogen and oxygen atoms in total. The summed E-state index contributed by atoms with van der Waals surface area (Å²) < 4.78 is 19.2. The molecule has 3 saturated heterocycles. The van der Waals surface area contributed by atoms with Crippen LogP contribution in [0.3, 0.4) is 0 Å². The van der Waals surface area contributed by atoms with E-state index in [1.165, 1.54) is 41.8 Å². The van der Waals surface area contributed by atoms with Crippen LogP contribution in [0.25, 0.3) is 0 Å². The Labute approximate surface area is 304 Å². The van der Waals surface area contributed by atoms with Gasteiger partial charge in [-0.2, -0.15) is 0 Å². The minimum absolute atomic E-state index is 0.101. The Morgan fingerprint density at radius 3 is 2.27 bits per heavy atom. The number of halogens is 3. The first-order chi connectivity index (χ1) is 24.5. The second kappa shape index (κ2) is 12.5. The zero-order valence-corrected chi connectivity index (χ0v) is 29.3. The fraction of sp³-hybridized carbons (Fsp3) is 0.385. The molecule has 12 heteroatoms. The number of benzene rings is 3. The number of phenols is 1. The number of rotatable bonds is 6. The highest BCUT2D eigenvalue weighted by molar-refractivity contribution is 6.58. The smallest absolute Gasteiger partial charge is 0.258 e. The van der Waals surface area contributed by atoms with Crippen molar-refractivity contribution in [3.05, 3.63) is 101 Å². The maximum Gasteiger partial charge on any atom is 0.258 e. The number of carbonyl (C=O) groups is 4. The Balaban J connectivity index is 1.15. The quantitative estimate of drug-likeness (QED) is 0.195. The molecule has 4 fully saturated rings. The number of fused-ring (bicyclic) bond motifs is 4. The van der Waals surface area contributed by atoms with Gasteiger partial charge in [-0.15, -0.1) is 23.2 Å². The second-order valence-electron chi connectivity index (χ2n) is 14.2. The average Bonchev–Trinajstić information content (AvgIpc) is 3.47. The van der Waals surface area contributed by atoms with E-state index in [1.807, 2.05) is 24.3 Å². The van der Waals surface area contributed by atoms with Crippen LogP contribution >= 0.6 is 23.2 Å². The van der Waals surface area contributed by atoms with Gasteiger partial charge in [0.05, 0.1) is 24.6 Å². The van der Waals surface area contributed by atoms with E-state index in [-0.39, 0.29) is 47.9 Å². The van der Waals surface area contributed by atoms with Crippen molar-refractivity contribution >= 4 is 52.5 Å². The summed E-state index contributed by atoms with van der Waals surface area (Å²) in [5, 5.41) is 10.9. The highest BCUT2D eigenvalue weighted by atomic mass is 35.5. The van der Waals surface area contributed by atoms with E-state index in [1.54, 1.807) is 6.07 Å². The minimum Gasteiger partial charge on any atom is -0.504 e. The summed E-state index contributed by atoms with van der Waals surface area (Å²) in [6.07, 6.45) is 3.23. The number of amides is 4. The SMILES string of the molecule is COc1ccc(C2C3=CCC4C(=O)N(C5CCN(Cc6ccccc6)CC5)C(=O)C4C3CC3(Cl)C(=O)N(c4ccc(F)cc4)C(=O)C23Cl)cc1O. The van der Waals surface area contributed by atoms with Crippen molar-refractivity contribution in [1.82, 2.24) is 9.80 Å². The monoisotopic (exact) mass is 731 g/mol. The van der Waals surface area contributed by atoms with Crippen LogP contribution in [0, 0.1) is 23.6 Å². The van der Waals surface area contributed by atoms with Crippen LogP contribution < -0.4 is 9.64 Å². The number of ether oxygens (including phenoxy) is 1. The largest absolute Gasteiger partial charge is 0.504 e. The van der Waals surface area contributed by atoms with Gasteiger partial charge in [-0.05, 0) is 79.1 Å². The molecule has 6 atom stereocenters. The lowest BCUT2D eigenvalue weighted by molar-refractivity contribution is -0.144. The first kappa shape index (κ1) is 33.9. The average molecular weight is 733 g/mol. The Morgan fingerprint density at radius 2 is 1.61 bits per heavy atom. The molecule has 0 radical (unpaired) electrons. The van der Waals surface area contributed by atoms with E-state index in [0.717, 1.165) is 36.7 Å². The molecule has 3 heterocycles. The van der Waals surface area contributed by atoms with Crippen LogP contribution in [0.1, 0.15) is 42.7 Å². The zero-order valence-electron chi connectivity index (χ0n) is 27.8. The number of phenolic OH excluding ortho intramolecular Hbond substituents is 1. The molecule has 4 amide bonds. The van der Waals surface area contributed by atoms with Crippen molar-refractivity contribution in [2.45, 2.75) is 53.9 Å². The molecule has 1 N–H and O–H groups in total. The lowest BCUT2D eigenvalue weighted by Gasteiger charge is -2.50. The van der Waals surface area contributed by atoms with Gasteiger partial charge >= 0.3 is 0 Å². The molecule has 0 spiro atoms. The lowest BCUT2D eigenvalue weighted by Crippen LogP contribution is -2.60. The van der Waals surface area contributed by atoms with Crippen LogP contribution in [0.2, 0.25) is 0 Å². The first-order valence-electron chi connectivity index (χ1n) is 17.2. The number of nitrogens with zero attached hydrogens (tertiary/aromatic N) is 3. The van der Waals surface area contributed by atoms with Crippen molar-refractivity contribution < 1.29 is 33.4 Å². The van der Waals surface area contributed by atoms with Gasteiger partial charge < -0.3 is 9.84 Å². The van der Waals surface area contributed by atoms with E-state index in [4.69, 9.17) is 27.9 Å². The number of imide groups is 2. The Bertz CT molecular complexity index is 1970. The van der Waals surface area contributed by atoms with Crippen molar-refractivity contribution in [1.29, 1.82) is 0 Å². The normalized spacial score (nSPS) is 31.0. The number of piperidine rings is 1. The molecule has 0 aromatic heterocycles. The van der Waals surface area contributed by atoms with E-state index >= 15 is 0 Å². The highest BCUT2D eigenvalue weighted by Gasteiger charge is 2.76. The number of hydrogen-bond donors (Lipinski definition) is 1. The molecule has 2 aliphatic carbocycles. The maximum absolute atomic E-state index is 14.5. The molecule has 0 bridgehead atoms. The standard InChI is InChI=1S/C39H36Cl2FN3O6/c1-51-31-14-7-23(19-30(31)46)33-27-12-13-28-32(35(48)44(34(28)47)26-15-17-43(18-16-26)21-22-5-3-2-4-6-22)29(27)20-38(40)36(49)45(37(50)39(33,38)41)25-10-8-24(42)9-11-25/h2-12,14,19,26,28-29,32-33,46H,13,15-18,20-21H2,1H3. The number of aromatic hydroxyl groups is 1. The Kier molecular flexibility index (Phi) is 8.27. The third-order valence-electron chi connectivity index (χ3n) is 11.6. The number of hydrogen-bond acceptors (Lipinski definition) is 7. The van der Waals surface area contributed by atoms with Gasteiger partial charge in [0.25, 0.3) is 11.8 Å². The fourth-order valence-electron chi connectivity index (χ4n) is 9.22. The van der Waals surface area contributed by atoms with Crippen LogP contribution in [0.4, 0.5) is 10.1 Å². The summed E-state index contributed by atoms with van der Waals surface area (Å²) in [4.78, 5) is 58.1. The fourth-order valence-corrected chi connectivity index (χ4v) is 10.2. The molecule has 8 rings (SSSR count). The molecule has 6 unspecified atom stereocenters. The van der Waals surface area contributed by atoms with E-state index in [9.17, 15) is 28.7 Å². The summed E-state index contributed by atoms with van der Waals surface area (Å²) in [7, 11) is 1.41. The molecule has 3 aromatic carbocycles. The molecule has 1 saturated carbocycles. The molecular formula is C39H36Cl2FN3O6. The third-order valence-corrected chi connectivity index (χ3v) is 13.1. The molecule has 264 valence electrons. The predicted molar refractivity (Wildman–Crippen MR) is 188 cm³/mol. The molecule has 3 aliphatic heterocycles. The molecule has 3 aromatic rings. The summed E-state index contributed by atoms with van der Waals surface area (Å²) in [6.45, 7) is 2.26. The number of allylic oxidation sites excluding steroid dienone is 2. The van der Waals surface area contributed by atoms with Crippen molar-refractivity contribution in [3.8, 4) is 11.5 Å². The van der Waals surface area contributed by atoms with Crippen LogP contribution in [0.15, 0.2) is 84.4 Å². The summed E-state index contributed by atoms with van der Waals surface area (Å²) in [5.41, 5.74) is 2.32. The van der Waals surface area contributed by atoms with Crippen LogP contribution in [-0.4, -0.2) is 74.5 Å². The van der Waals surface area contributed by atoms with Gasteiger partial charge in [-0.25, -0.2) is 9.29 Å². The van der Waals surface area contributed by atoms with Crippen molar-refractivity contribution in [2.75, 3.05) is 25.1 Å². The lowest BCUT2D eigenvalue weighted by atomic mass is 9.56. The van der Waals surface area contributed by atoms with Crippen LogP contribution in [-0.2, 0) is 25.7 Å². The molecule has 51 heavy (non-hydrogen) atoms. The number of anilines is 1. The Morgan fingerprint density at radius 1 is 0.902 bits per heavy atom. The summed E-state index contributed by atoms with van der Waals surface area (Å²) in [5.74, 6) is -5.92. The Hall–Kier alpha value is -4.25. The van der Waals surface area contributed by atoms with E-state index in [0.29, 0.717) is 24.0 Å². The van der Waals surface area contributed by atoms with Gasteiger partial charge in [0.2, 0.25) is 11.8 Å². The van der Waals surface area contributed by atoms with E-state index in [2.05, 4.69) is 17.0 Å². The van der Waals surface area contributed by atoms with Gasteiger partial charge in [0.1, 0.15) is 5.82 Å². The van der Waals surface area contributed by atoms with Crippen LogP contribution in [0.5, 0.6) is 11.5 Å². The minimum atomic E-state index is -2.09. The van der Waals surface area contributed by atoms with Crippen molar-refractivity contribution in [2.24, 2.45) is 17.8 Å². The second-order valence-corrected chi connectivity index (χ2v) is 15.5. The summed E-state index contributed by atoms with van der Waals surface area (Å²) >= 11 is 14.9. The molecule has 5 aliphatic rings. The van der Waals surface area contributed by atoms with Gasteiger partial charge in [0, 0.05) is 31.6 Å². The molecular weight excluding hydrogens is 696 g/mol. The topological polar surface area (TPSA) is 107 Å². The van der Waals surface area contributed by atoms with Gasteiger partial charge in [-0.1, -0.05) is 48.0 Å². The number of methoxy groups -OCH3 is 1. The first-order valence-corrected chi connectivity index (χ1v) is 18.0. The van der Waals surface area contributed by atoms with Crippen molar-refractivity contribution in [3.63, 3.8) is 0 Å². The number of carbonyl (C=O) groups excluding carboxylic acids is 4. The summed E-state index contributed by atoms with van der Waals surface area (Å²) in [6, 6.07) is 19.4.